The van der Waals surface area contributed by atoms with E-state index in [1.54, 1.807) is 30.3 Å². The van der Waals surface area contributed by atoms with Crippen molar-refractivity contribution in [1.82, 2.24) is 93.0 Å². The Labute approximate surface area is 550 Å². The van der Waals surface area contributed by atoms with E-state index in [9.17, 15) is 77.3 Å². The minimum absolute atomic E-state index is 0.0935. The SMILES string of the molecule is N=C(N)NCCC[C@H](NC(=O)[C@H](Cc1c[nH]cn1)NC(=O)[C@H](Cc1ccccc1)NC(=O)[C@H](Cc1c[nH]cn1)NC(=O)[C@H](CC(N)=O)NC(=O)[C@H](Cc1c[nH]cn1)NC(=O)[C@H](CCC(N)=O)NC(=O)[C@H](CC(=O)O)NC(=O)[C@H](CCC(N)=O)NC(=O)[C@@H](N)Cc1c[nH]cn1)C(=O)O. The van der Waals surface area contributed by atoms with Gasteiger partial charge in [0.25, 0.3) is 0 Å². The second-order valence-corrected chi connectivity index (χ2v) is 22.0. The van der Waals surface area contributed by atoms with Gasteiger partial charge in [-0.05, 0) is 31.2 Å². The molecule has 40 nitrogen and oxygen atoms in total. The van der Waals surface area contributed by atoms with E-state index >= 15 is 0 Å². The topological polar surface area (TPSA) is 668 Å². The maximum Gasteiger partial charge on any atom is 0.326 e. The number of hydrogen-bond acceptors (Lipinski definition) is 20. The molecule has 97 heavy (non-hydrogen) atoms. The van der Waals surface area contributed by atoms with Gasteiger partial charge in [0.15, 0.2) is 5.96 Å². The van der Waals surface area contributed by atoms with Crippen LogP contribution in [0.4, 0.5) is 0 Å². The molecule has 0 aliphatic carbocycles. The van der Waals surface area contributed by atoms with Crippen LogP contribution in [0.1, 0.15) is 79.7 Å². The highest BCUT2D eigenvalue weighted by molar-refractivity contribution is 6.00. The number of carbonyl (C=O) groups is 14. The van der Waals surface area contributed by atoms with E-state index in [2.05, 4.69) is 93.0 Å². The summed E-state index contributed by atoms with van der Waals surface area (Å²) in [7, 11) is 0. The van der Waals surface area contributed by atoms with Crippen LogP contribution in [-0.4, -0.2) is 206 Å². The summed E-state index contributed by atoms with van der Waals surface area (Å²) >= 11 is 0. The molecule has 27 N–H and O–H groups in total. The summed E-state index contributed by atoms with van der Waals surface area (Å²) in [6.07, 6.45) is 4.75. The fourth-order valence-corrected chi connectivity index (χ4v) is 9.39. The second kappa shape index (κ2) is 38.2. The lowest BCUT2D eigenvalue weighted by atomic mass is 10.0. The van der Waals surface area contributed by atoms with E-state index in [0.717, 1.165) is 0 Å². The van der Waals surface area contributed by atoms with Crippen LogP contribution in [0, 0.1) is 5.41 Å². The standard InChI is InChI=1S/C57H78N24O16/c58-33(14-29-20-64-24-69-29)47(87)73-34(8-10-43(59)82)48(88)81-42(19-46(85)86)55(95)74-35(9-11-44(60)83)49(89)77-39(16-31-22-66-26-71-31)53(93)80-41(18-45(61)84)54(94)79-40(17-32-23-67-27-72-32)52(92)76-37(13-28-5-2-1-3-6-28)50(90)78-38(15-30-21-65-25-70-30)51(91)75-36(56(96)97)7-4-12-68-57(62)63/h1-3,5-6,20-27,33-42H,4,7-19,58H2,(H2,59,82)(H2,60,83)(H2,61,84)(H,64,69)(H,65,70)(H,66,71)(H,67,72)(H,73,87)(H,74,95)(H,75,91)(H,76,92)(H,77,89)(H,78,90)(H,79,94)(H,80,93)(H,81,88)(H,85,86)(H,96,97)(H4,62,63,68)/t33-,34-,35-,36-,37-,38-,39-,40-,41-,42-/m0/s1. The van der Waals surface area contributed by atoms with Gasteiger partial charge in [0, 0.05) is 76.3 Å². The molecule has 522 valence electrons. The zero-order valence-corrected chi connectivity index (χ0v) is 52.0. The number of nitrogens with zero attached hydrogens (tertiary/aromatic N) is 4. The number of carboxylic acids is 2. The van der Waals surface area contributed by atoms with Crippen molar-refractivity contribution in [2.75, 3.05) is 6.54 Å². The van der Waals surface area contributed by atoms with Crippen molar-refractivity contribution >= 4 is 88.8 Å². The fraction of sp³-hybridized carbons (Fsp3) is 0.421. The van der Waals surface area contributed by atoms with Crippen molar-refractivity contribution in [3.63, 3.8) is 0 Å². The number of carboxylic acid groups (broad SMARTS) is 2. The third-order valence-electron chi connectivity index (χ3n) is 14.3. The zero-order valence-electron chi connectivity index (χ0n) is 52.0. The Balaban J connectivity index is 1.40. The highest BCUT2D eigenvalue weighted by Gasteiger charge is 2.38. The fourth-order valence-electron chi connectivity index (χ4n) is 9.39. The summed E-state index contributed by atoms with van der Waals surface area (Å²) in [5.41, 5.74) is 29.1. The van der Waals surface area contributed by atoms with Crippen LogP contribution in [0.5, 0.6) is 0 Å². The number of aliphatic carboxylic acids is 2. The van der Waals surface area contributed by atoms with E-state index < -0.39 is 195 Å². The minimum Gasteiger partial charge on any atom is -0.481 e. The van der Waals surface area contributed by atoms with E-state index in [1.807, 2.05) is 0 Å². The number of rotatable bonds is 43. The highest BCUT2D eigenvalue weighted by Crippen LogP contribution is 2.12. The lowest BCUT2D eigenvalue weighted by Crippen LogP contribution is -2.61. The number of H-pyrrole nitrogens is 4. The number of primary amides is 3. The van der Waals surface area contributed by atoms with E-state index in [-0.39, 0.29) is 61.7 Å². The molecule has 4 aromatic heterocycles. The number of benzene rings is 1. The third-order valence-corrected chi connectivity index (χ3v) is 14.3. The first-order valence-electron chi connectivity index (χ1n) is 29.9. The van der Waals surface area contributed by atoms with E-state index in [4.69, 9.17) is 34.1 Å². The summed E-state index contributed by atoms with van der Waals surface area (Å²) < 4.78 is 0. The van der Waals surface area contributed by atoms with Gasteiger partial charge in [0.2, 0.25) is 70.9 Å². The number of guanidine groups is 1. The van der Waals surface area contributed by atoms with Gasteiger partial charge in [-0.15, -0.1) is 0 Å². The smallest absolute Gasteiger partial charge is 0.326 e. The average molecular weight is 1360 g/mol. The highest BCUT2D eigenvalue weighted by atomic mass is 16.4. The molecule has 0 saturated heterocycles. The summed E-state index contributed by atoms with van der Waals surface area (Å²) in [5.74, 6) is -16.7. The van der Waals surface area contributed by atoms with E-state index in [0.29, 0.717) is 11.3 Å². The molecule has 1 aromatic carbocycles. The Morgan fingerprint density at radius 2 is 0.753 bits per heavy atom. The summed E-state index contributed by atoms with van der Waals surface area (Å²) in [6.45, 7) is 0.100. The lowest BCUT2D eigenvalue weighted by molar-refractivity contribution is -0.142. The van der Waals surface area contributed by atoms with Crippen molar-refractivity contribution in [3.8, 4) is 0 Å². The number of aromatic amines is 4. The van der Waals surface area contributed by atoms with Gasteiger partial charge in [-0.2, -0.15) is 0 Å². The number of nitrogens with two attached hydrogens (primary N) is 5. The third kappa shape index (κ3) is 26.8. The van der Waals surface area contributed by atoms with Crippen LogP contribution >= 0.6 is 0 Å². The molecular formula is C57H78N24O16. The molecule has 4 heterocycles. The Hall–Kier alpha value is -12.1. The zero-order chi connectivity index (χ0) is 71.1. The number of carbonyl (C=O) groups excluding carboxylic acids is 12. The van der Waals surface area contributed by atoms with Gasteiger partial charge in [-0.1, -0.05) is 30.3 Å². The predicted molar refractivity (Wildman–Crippen MR) is 334 cm³/mol. The largest absolute Gasteiger partial charge is 0.481 e. The van der Waals surface area contributed by atoms with Crippen LogP contribution in [0.3, 0.4) is 0 Å². The van der Waals surface area contributed by atoms with Crippen molar-refractivity contribution < 1.29 is 77.3 Å². The molecule has 0 spiro atoms. The van der Waals surface area contributed by atoms with Gasteiger partial charge in [0.1, 0.15) is 54.4 Å². The van der Waals surface area contributed by atoms with Crippen molar-refractivity contribution in [3.05, 3.63) is 109 Å². The van der Waals surface area contributed by atoms with Gasteiger partial charge >= 0.3 is 11.9 Å². The average Bonchev–Trinajstić information content (AvgIpc) is 1.09. The summed E-state index contributed by atoms with van der Waals surface area (Å²) in [6, 6.07) is -8.74. The molecule has 0 unspecified atom stereocenters. The molecule has 0 bridgehead atoms. The molecule has 5 aromatic rings. The molecule has 0 saturated carbocycles. The number of hydrogen-bond donors (Lipinski definition) is 22. The number of amides is 12. The molecular weight excluding hydrogens is 1280 g/mol. The predicted octanol–water partition coefficient (Wildman–Crippen LogP) is -7.99. The molecule has 5 rings (SSSR count). The van der Waals surface area contributed by atoms with Crippen molar-refractivity contribution in [1.29, 1.82) is 5.41 Å². The van der Waals surface area contributed by atoms with Crippen LogP contribution in [0.25, 0.3) is 0 Å². The molecule has 0 aliphatic rings. The number of imidazole rings is 4. The molecule has 40 heteroatoms. The monoisotopic (exact) mass is 1350 g/mol. The Kier molecular flexibility index (Phi) is 29.7. The maximum atomic E-state index is 14.7. The van der Waals surface area contributed by atoms with Gasteiger partial charge in [0.05, 0.1) is 67.0 Å². The van der Waals surface area contributed by atoms with Crippen LogP contribution < -0.4 is 81.8 Å². The molecule has 12 amide bonds. The Bertz CT molecular complexity index is 3500. The van der Waals surface area contributed by atoms with Crippen molar-refractivity contribution in [2.24, 2.45) is 28.7 Å². The van der Waals surface area contributed by atoms with Gasteiger partial charge in [-0.3, -0.25) is 67.7 Å². The first-order valence-corrected chi connectivity index (χ1v) is 29.9. The second-order valence-electron chi connectivity index (χ2n) is 22.0. The van der Waals surface area contributed by atoms with Crippen molar-refractivity contribution in [2.45, 2.75) is 144 Å². The lowest BCUT2D eigenvalue weighted by Gasteiger charge is -2.28. The molecule has 0 radical (unpaired) electrons. The van der Waals surface area contributed by atoms with Gasteiger partial charge in [-0.25, -0.2) is 24.7 Å². The number of nitrogens with one attached hydrogen (secondary N) is 15. The minimum atomic E-state index is -2.05. The molecule has 0 aliphatic heterocycles. The van der Waals surface area contributed by atoms with Crippen LogP contribution in [0.2, 0.25) is 0 Å². The number of aromatic nitrogens is 8. The van der Waals surface area contributed by atoms with Crippen LogP contribution in [0.15, 0.2) is 80.4 Å². The Morgan fingerprint density at radius 3 is 1.11 bits per heavy atom. The van der Waals surface area contributed by atoms with Gasteiger partial charge < -0.3 is 112 Å². The first kappa shape index (κ1) is 75.6. The quantitative estimate of drug-likeness (QED) is 0.00979. The Morgan fingerprint density at radius 1 is 0.412 bits per heavy atom. The first-order chi connectivity index (χ1) is 46.1. The summed E-state index contributed by atoms with van der Waals surface area (Å²) in [4.78, 5) is 216. The summed E-state index contributed by atoms with van der Waals surface area (Å²) in [5, 5.41) is 51.3. The molecule has 10 atom stereocenters. The maximum absolute atomic E-state index is 14.7. The van der Waals surface area contributed by atoms with Crippen LogP contribution in [-0.2, 0) is 99.2 Å². The van der Waals surface area contributed by atoms with E-state index in [1.165, 1.54) is 50.1 Å². The normalized spacial score (nSPS) is 14.0. The molecule has 0 fully saturated rings.